The van der Waals surface area contributed by atoms with E-state index in [2.05, 4.69) is 5.32 Å². The standard InChI is InChI=1S/C17H17ClN2O2S/c1-9-6-7-10(8-12(9)18)16(22)20-17-14(15(19)21)11-4-2-3-5-13(11)23-17/h6-8H,2-5H2,1H3,(H2,19,21)(H,20,22). The molecule has 23 heavy (non-hydrogen) atoms. The van der Waals surface area contributed by atoms with Gasteiger partial charge in [0.05, 0.1) is 5.56 Å². The first-order valence-electron chi connectivity index (χ1n) is 7.49. The predicted octanol–water partition coefficient (Wildman–Crippen LogP) is 3.94. The summed E-state index contributed by atoms with van der Waals surface area (Å²) in [5.74, 6) is -0.769. The van der Waals surface area contributed by atoms with Crippen LogP contribution in [0.3, 0.4) is 0 Å². The Morgan fingerprint density at radius 3 is 2.70 bits per heavy atom. The van der Waals surface area contributed by atoms with E-state index in [1.807, 2.05) is 6.92 Å². The molecule has 0 bridgehead atoms. The Labute approximate surface area is 143 Å². The highest BCUT2D eigenvalue weighted by molar-refractivity contribution is 7.17. The van der Waals surface area contributed by atoms with Crippen molar-refractivity contribution in [3.05, 3.63) is 50.4 Å². The molecule has 0 aliphatic heterocycles. The van der Waals surface area contributed by atoms with Gasteiger partial charge < -0.3 is 11.1 Å². The van der Waals surface area contributed by atoms with E-state index in [4.69, 9.17) is 17.3 Å². The number of hydrogen-bond donors (Lipinski definition) is 2. The number of rotatable bonds is 3. The number of amides is 2. The molecule has 2 aromatic rings. The molecule has 120 valence electrons. The molecule has 2 amide bonds. The number of nitrogens with two attached hydrogens (primary N) is 1. The summed E-state index contributed by atoms with van der Waals surface area (Å²) in [6.45, 7) is 1.88. The summed E-state index contributed by atoms with van der Waals surface area (Å²) >= 11 is 7.53. The molecule has 1 aliphatic rings. The number of carbonyl (C=O) groups is 2. The third-order valence-corrected chi connectivity index (χ3v) is 5.69. The molecule has 0 spiro atoms. The smallest absolute Gasteiger partial charge is 0.256 e. The Hall–Kier alpha value is -1.85. The van der Waals surface area contributed by atoms with Crippen LogP contribution >= 0.6 is 22.9 Å². The molecule has 1 aromatic carbocycles. The number of fused-ring (bicyclic) bond motifs is 1. The van der Waals surface area contributed by atoms with Gasteiger partial charge in [0.2, 0.25) is 0 Å². The van der Waals surface area contributed by atoms with E-state index in [0.717, 1.165) is 41.7 Å². The lowest BCUT2D eigenvalue weighted by molar-refractivity contribution is 0.100. The largest absolute Gasteiger partial charge is 0.365 e. The number of aryl methyl sites for hydroxylation is 2. The van der Waals surface area contributed by atoms with Gasteiger partial charge in [0, 0.05) is 15.5 Å². The molecular formula is C17H17ClN2O2S. The van der Waals surface area contributed by atoms with Crippen LogP contribution in [0.1, 0.15) is 49.6 Å². The van der Waals surface area contributed by atoms with Gasteiger partial charge in [0.1, 0.15) is 5.00 Å². The van der Waals surface area contributed by atoms with E-state index < -0.39 is 5.91 Å². The Bertz CT molecular complexity index is 798. The molecule has 0 saturated heterocycles. The zero-order valence-electron chi connectivity index (χ0n) is 12.7. The molecule has 1 aliphatic carbocycles. The van der Waals surface area contributed by atoms with Crippen LogP contribution in [0.5, 0.6) is 0 Å². The average Bonchev–Trinajstić information content (AvgIpc) is 2.87. The summed E-state index contributed by atoms with van der Waals surface area (Å²) in [6, 6.07) is 5.14. The van der Waals surface area contributed by atoms with Gasteiger partial charge in [-0.1, -0.05) is 17.7 Å². The Kier molecular flexibility index (Phi) is 4.41. The zero-order chi connectivity index (χ0) is 16.6. The van der Waals surface area contributed by atoms with Gasteiger partial charge >= 0.3 is 0 Å². The van der Waals surface area contributed by atoms with E-state index >= 15 is 0 Å². The molecule has 0 fully saturated rings. The van der Waals surface area contributed by atoms with Crippen LogP contribution in [0.15, 0.2) is 18.2 Å². The normalized spacial score (nSPS) is 13.5. The van der Waals surface area contributed by atoms with Crippen LogP contribution in [0.4, 0.5) is 5.00 Å². The Morgan fingerprint density at radius 2 is 2.00 bits per heavy atom. The van der Waals surface area contributed by atoms with Gasteiger partial charge in [-0.05, 0) is 55.9 Å². The number of nitrogens with one attached hydrogen (secondary N) is 1. The van der Waals surface area contributed by atoms with Crippen molar-refractivity contribution >= 4 is 39.8 Å². The number of thiophene rings is 1. The van der Waals surface area contributed by atoms with Crippen molar-refractivity contribution in [2.24, 2.45) is 5.73 Å². The highest BCUT2D eigenvalue weighted by atomic mass is 35.5. The highest BCUT2D eigenvalue weighted by Crippen LogP contribution is 2.38. The molecule has 0 atom stereocenters. The summed E-state index contributed by atoms with van der Waals surface area (Å²) in [4.78, 5) is 25.4. The number of carbonyl (C=O) groups excluding carboxylic acids is 2. The summed E-state index contributed by atoms with van der Waals surface area (Å²) in [6.07, 6.45) is 3.93. The topological polar surface area (TPSA) is 72.2 Å². The minimum absolute atomic E-state index is 0.284. The second-order valence-electron chi connectivity index (χ2n) is 5.70. The Balaban J connectivity index is 1.93. The summed E-state index contributed by atoms with van der Waals surface area (Å²) in [7, 11) is 0. The van der Waals surface area contributed by atoms with Crippen LogP contribution in [-0.4, -0.2) is 11.8 Å². The second-order valence-corrected chi connectivity index (χ2v) is 7.21. The van der Waals surface area contributed by atoms with Crippen LogP contribution in [0.25, 0.3) is 0 Å². The van der Waals surface area contributed by atoms with Gasteiger partial charge in [-0.3, -0.25) is 9.59 Å². The maximum atomic E-state index is 12.5. The minimum Gasteiger partial charge on any atom is -0.365 e. The molecular weight excluding hydrogens is 332 g/mol. The fraction of sp³-hybridized carbons (Fsp3) is 0.294. The SMILES string of the molecule is Cc1ccc(C(=O)Nc2sc3c(c2C(N)=O)CCCC3)cc1Cl. The first-order chi connectivity index (χ1) is 11.0. The zero-order valence-corrected chi connectivity index (χ0v) is 14.3. The summed E-state index contributed by atoms with van der Waals surface area (Å²) < 4.78 is 0. The van der Waals surface area contributed by atoms with Gasteiger partial charge in [0.15, 0.2) is 0 Å². The molecule has 4 nitrogen and oxygen atoms in total. The number of hydrogen-bond acceptors (Lipinski definition) is 3. The summed E-state index contributed by atoms with van der Waals surface area (Å²) in [5.41, 5.74) is 8.38. The maximum Gasteiger partial charge on any atom is 0.256 e. The van der Waals surface area contributed by atoms with Crippen molar-refractivity contribution in [1.82, 2.24) is 0 Å². The molecule has 0 saturated carbocycles. The van der Waals surface area contributed by atoms with Crippen molar-refractivity contribution in [2.45, 2.75) is 32.6 Å². The fourth-order valence-corrected chi connectivity index (χ4v) is 4.29. The lowest BCUT2D eigenvalue weighted by Gasteiger charge is -2.11. The van der Waals surface area contributed by atoms with Crippen molar-refractivity contribution in [2.75, 3.05) is 5.32 Å². The lowest BCUT2D eigenvalue weighted by atomic mass is 9.95. The van der Waals surface area contributed by atoms with Gasteiger partial charge in [0.25, 0.3) is 11.8 Å². The third-order valence-electron chi connectivity index (χ3n) is 4.08. The molecule has 3 N–H and O–H groups in total. The van der Waals surface area contributed by atoms with Crippen molar-refractivity contribution in [1.29, 1.82) is 0 Å². The molecule has 1 aromatic heterocycles. The van der Waals surface area contributed by atoms with Crippen molar-refractivity contribution in [3.63, 3.8) is 0 Å². The third kappa shape index (κ3) is 3.12. The number of benzene rings is 1. The average molecular weight is 349 g/mol. The van der Waals surface area contributed by atoms with E-state index in [1.54, 1.807) is 18.2 Å². The van der Waals surface area contributed by atoms with Gasteiger partial charge in [-0.2, -0.15) is 0 Å². The van der Waals surface area contributed by atoms with E-state index in [0.29, 0.717) is 21.2 Å². The molecule has 0 radical (unpaired) electrons. The summed E-state index contributed by atoms with van der Waals surface area (Å²) in [5, 5.41) is 3.92. The van der Waals surface area contributed by atoms with Crippen molar-refractivity contribution in [3.8, 4) is 0 Å². The quantitative estimate of drug-likeness (QED) is 0.881. The molecule has 1 heterocycles. The van der Waals surface area contributed by atoms with Gasteiger partial charge in [-0.15, -0.1) is 11.3 Å². The first-order valence-corrected chi connectivity index (χ1v) is 8.68. The highest BCUT2D eigenvalue weighted by Gasteiger charge is 2.25. The van der Waals surface area contributed by atoms with Crippen LogP contribution in [0.2, 0.25) is 5.02 Å². The lowest BCUT2D eigenvalue weighted by Crippen LogP contribution is -2.18. The fourth-order valence-electron chi connectivity index (χ4n) is 2.82. The van der Waals surface area contributed by atoms with Crippen LogP contribution in [-0.2, 0) is 12.8 Å². The second kappa shape index (κ2) is 6.34. The van der Waals surface area contributed by atoms with Gasteiger partial charge in [-0.25, -0.2) is 0 Å². The predicted molar refractivity (Wildman–Crippen MR) is 93.6 cm³/mol. The number of anilines is 1. The minimum atomic E-state index is -0.485. The maximum absolute atomic E-state index is 12.5. The van der Waals surface area contributed by atoms with Crippen LogP contribution in [0, 0.1) is 6.92 Å². The monoisotopic (exact) mass is 348 g/mol. The van der Waals surface area contributed by atoms with E-state index in [9.17, 15) is 9.59 Å². The van der Waals surface area contributed by atoms with E-state index in [-0.39, 0.29) is 5.91 Å². The number of primary amides is 1. The van der Waals surface area contributed by atoms with Crippen molar-refractivity contribution < 1.29 is 9.59 Å². The molecule has 3 rings (SSSR count). The number of halogens is 1. The Morgan fingerprint density at radius 1 is 1.26 bits per heavy atom. The van der Waals surface area contributed by atoms with E-state index in [1.165, 1.54) is 11.3 Å². The van der Waals surface area contributed by atoms with Crippen LogP contribution < -0.4 is 11.1 Å². The molecule has 0 unspecified atom stereocenters. The first kappa shape index (κ1) is 16.0. The molecule has 6 heteroatoms.